The number of thiazole rings is 1. The number of methoxy groups -OCH3 is 2. The van der Waals surface area contributed by atoms with E-state index < -0.39 is 0 Å². The van der Waals surface area contributed by atoms with Crippen LogP contribution >= 0.6 is 23.7 Å². The zero-order valence-corrected chi connectivity index (χ0v) is 22.8. The molecule has 0 radical (unpaired) electrons. The zero-order valence-electron chi connectivity index (χ0n) is 21.2. The molecule has 0 unspecified atom stereocenters. The number of anilines is 1. The van der Waals surface area contributed by atoms with Gasteiger partial charge in [0.25, 0.3) is 5.91 Å². The minimum absolute atomic E-state index is 0. The predicted octanol–water partition coefficient (Wildman–Crippen LogP) is 5.90. The number of carbonyl (C=O) groups is 1. The molecule has 3 aromatic rings. The van der Waals surface area contributed by atoms with Crippen molar-refractivity contribution in [2.24, 2.45) is 0 Å². The monoisotopic (exact) mass is 521 g/mol. The van der Waals surface area contributed by atoms with Gasteiger partial charge in [-0.15, -0.1) is 12.4 Å². The number of ether oxygens (including phenoxy) is 3. The summed E-state index contributed by atoms with van der Waals surface area (Å²) in [5.74, 6) is 1.97. The molecule has 192 valence electrons. The highest BCUT2D eigenvalue weighted by molar-refractivity contribution is 7.22. The summed E-state index contributed by atoms with van der Waals surface area (Å²) in [6, 6.07) is 11.1. The van der Waals surface area contributed by atoms with Gasteiger partial charge in [0.2, 0.25) is 0 Å². The van der Waals surface area contributed by atoms with E-state index in [4.69, 9.17) is 19.2 Å². The third kappa shape index (κ3) is 7.46. The quantitative estimate of drug-likeness (QED) is 0.261. The van der Waals surface area contributed by atoms with E-state index in [-0.39, 0.29) is 18.3 Å². The van der Waals surface area contributed by atoms with Crippen LogP contribution in [-0.2, 0) is 0 Å². The predicted molar refractivity (Wildman–Crippen MR) is 146 cm³/mol. The summed E-state index contributed by atoms with van der Waals surface area (Å²) in [5, 5.41) is 0.621. The molecule has 1 amide bonds. The number of aromatic nitrogens is 1. The molecule has 0 saturated carbocycles. The number of hydrogen-bond acceptors (Lipinski definition) is 7. The number of unbranched alkanes of at least 4 members (excludes halogenated alkanes) is 2. The van der Waals surface area contributed by atoms with Gasteiger partial charge in [-0.3, -0.25) is 9.69 Å². The summed E-state index contributed by atoms with van der Waals surface area (Å²) in [6.07, 6.45) is 4.08. The van der Waals surface area contributed by atoms with Crippen LogP contribution in [0.3, 0.4) is 0 Å². The molecule has 2 aromatic carbocycles. The van der Waals surface area contributed by atoms with E-state index in [0.717, 1.165) is 36.9 Å². The van der Waals surface area contributed by atoms with E-state index in [2.05, 4.69) is 11.8 Å². The Morgan fingerprint density at radius 2 is 1.74 bits per heavy atom. The van der Waals surface area contributed by atoms with E-state index in [1.165, 1.54) is 11.3 Å². The highest BCUT2D eigenvalue weighted by Crippen LogP contribution is 2.40. The van der Waals surface area contributed by atoms with Crippen molar-refractivity contribution in [3.63, 3.8) is 0 Å². The first kappa shape index (κ1) is 28.7. The van der Waals surface area contributed by atoms with Crippen LogP contribution < -0.4 is 19.1 Å². The maximum absolute atomic E-state index is 13.7. The van der Waals surface area contributed by atoms with Crippen molar-refractivity contribution in [1.82, 2.24) is 9.88 Å². The van der Waals surface area contributed by atoms with Crippen LogP contribution in [0, 0.1) is 0 Å². The lowest BCUT2D eigenvalue weighted by Gasteiger charge is -2.21. The van der Waals surface area contributed by atoms with Crippen molar-refractivity contribution >= 4 is 45.0 Å². The number of carbonyl (C=O) groups excluding carboxylic acids is 1. The topological polar surface area (TPSA) is 64.1 Å². The summed E-state index contributed by atoms with van der Waals surface area (Å²) in [6.45, 7) is 4.22. The third-order valence-electron chi connectivity index (χ3n) is 5.46. The second-order valence-corrected chi connectivity index (χ2v) is 9.32. The molecule has 0 aliphatic carbocycles. The molecular weight excluding hydrogens is 486 g/mol. The Kier molecular flexibility index (Phi) is 11.6. The highest BCUT2D eigenvalue weighted by Gasteiger charge is 2.24. The minimum Gasteiger partial charge on any atom is -0.495 e. The number of amides is 1. The van der Waals surface area contributed by atoms with Crippen molar-refractivity contribution in [3.05, 3.63) is 42.0 Å². The van der Waals surface area contributed by atoms with Gasteiger partial charge in [-0.25, -0.2) is 4.98 Å². The number of hydrogen-bond donors (Lipinski definition) is 0. The van der Waals surface area contributed by atoms with E-state index in [1.807, 2.05) is 50.5 Å². The first-order valence-electron chi connectivity index (χ1n) is 11.7. The Morgan fingerprint density at radius 3 is 2.43 bits per heavy atom. The SMILES string of the molecule is CCCCCOc1cccc(C(=O)N(CCCN(C)C)c2nc3c(OC)ccc(OC)c3s2)c1.Cl. The van der Waals surface area contributed by atoms with Gasteiger partial charge in [0.05, 0.1) is 20.8 Å². The number of halogens is 1. The molecular formula is C26H36ClN3O4S. The molecule has 0 saturated heterocycles. The molecule has 1 heterocycles. The van der Waals surface area contributed by atoms with Crippen molar-refractivity contribution < 1.29 is 19.0 Å². The smallest absolute Gasteiger partial charge is 0.260 e. The largest absolute Gasteiger partial charge is 0.495 e. The summed E-state index contributed by atoms with van der Waals surface area (Å²) >= 11 is 1.44. The van der Waals surface area contributed by atoms with Crippen LogP contribution in [0.15, 0.2) is 36.4 Å². The van der Waals surface area contributed by atoms with Crippen LogP contribution in [0.1, 0.15) is 43.0 Å². The van der Waals surface area contributed by atoms with Gasteiger partial charge in [0.15, 0.2) is 5.13 Å². The molecule has 0 aliphatic heterocycles. The van der Waals surface area contributed by atoms with Gasteiger partial charge in [-0.1, -0.05) is 37.2 Å². The second-order valence-electron chi connectivity index (χ2n) is 8.34. The number of benzene rings is 2. The molecule has 7 nitrogen and oxygen atoms in total. The van der Waals surface area contributed by atoms with Crippen molar-refractivity contribution in [1.29, 1.82) is 0 Å². The average molecular weight is 522 g/mol. The minimum atomic E-state index is -0.102. The highest BCUT2D eigenvalue weighted by atomic mass is 35.5. The Bertz CT molecular complexity index is 1050. The Hall–Kier alpha value is -2.55. The molecule has 0 aliphatic rings. The van der Waals surface area contributed by atoms with Crippen LogP contribution in [0.2, 0.25) is 0 Å². The Balaban J connectivity index is 0.00000432. The maximum atomic E-state index is 13.7. The van der Waals surface area contributed by atoms with Crippen molar-refractivity contribution in [3.8, 4) is 17.2 Å². The van der Waals surface area contributed by atoms with Crippen molar-refractivity contribution in [2.45, 2.75) is 32.6 Å². The van der Waals surface area contributed by atoms with Gasteiger partial charge in [-0.05, 0) is 63.8 Å². The fraction of sp³-hybridized carbons (Fsp3) is 0.462. The Labute approximate surface area is 218 Å². The first-order chi connectivity index (χ1) is 16.5. The third-order valence-corrected chi connectivity index (χ3v) is 6.55. The van der Waals surface area contributed by atoms with E-state index >= 15 is 0 Å². The van der Waals surface area contributed by atoms with E-state index in [0.29, 0.717) is 46.6 Å². The lowest BCUT2D eigenvalue weighted by atomic mass is 10.2. The lowest BCUT2D eigenvalue weighted by Crippen LogP contribution is -2.33. The summed E-state index contributed by atoms with van der Waals surface area (Å²) in [4.78, 5) is 22.4. The van der Waals surface area contributed by atoms with Gasteiger partial charge in [-0.2, -0.15) is 0 Å². The molecule has 0 bridgehead atoms. The fourth-order valence-corrected chi connectivity index (χ4v) is 4.73. The van der Waals surface area contributed by atoms with Crippen LogP contribution in [0.25, 0.3) is 10.2 Å². The molecule has 1 aromatic heterocycles. The first-order valence-corrected chi connectivity index (χ1v) is 12.5. The second kappa shape index (κ2) is 14.1. The summed E-state index contributed by atoms with van der Waals surface area (Å²) in [5.41, 5.74) is 1.27. The molecule has 9 heteroatoms. The van der Waals surface area contributed by atoms with Gasteiger partial charge < -0.3 is 19.1 Å². The van der Waals surface area contributed by atoms with Gasteiger partial charge in [0.1, 0.15) is 27.5 Å². The molecule has 3 rings (SSSR count). The summed E-state index contributed by atoms with van der Waals surface area (Å²) in [7, 11) is 7.30. The van der Waals surface area contributed by atoms with Crippen molar-refractivity contribution in [2.75, 3.05) is 52.9 Å². The molecule has 35 heavy (non-hydrogen) atoms. The van der Waals surface area contributed by atoms with Gasteiger partial charge >= 0.3 is 0 Å². The number of nitrogens with zero attached hydrogens (tertiary/aromatic N) is 3. The van der Waals surface area contributed by atoms with Crippen LogP contribution in [-0.4, -0.2) is 63.8 Å². The van der Waals surface area contributed by atoms with E-state index in [9.17, 15) is 4.79 Å². The van der Waals surface area contributed by atoms with Gasteiger partial charge in [0, 0.05) is 12.1 Å². The van der Waals surface area contributed by atoms with Crippen LogP contribution in [0.5, 0.6) is 17.2 Å². The fourth-order valence-electron chi connectivity index (χ4n) is 3.64. The number of rotatable bonds is 13. The normalized spacial score (nSPS) is 10.8. The Morgan fingerprint density at radius 1 is 1.00 bits per heavy atom. The van der Waals surface area contributed by atoms with E-state index in [1.54, 1.807) is 19.1 Å². The number of fused-ring (bicyclic) bond motifs is 1. The molecule has 0 fully saturated rings. The molecule has 0 N–H and O–H groups in total. The average Bonchev–Trinajstić information content (AvgIpc) is 3.28. The van der Waals surface area contributed by atoms with Crippen LogP contribution in [0.4, 0.5) is 5.13 Å². The summed E-state index contributed by atoms with van der Waals surface area (Å²) < 4.78 is 17.8. The maximum Gasteiger partial charge on any atom is 0.260 e. The molecule has 0 spiro atoms. The molecule has 0 atom stereocenters. The standard InChI is InChI=1S/C26H35N3O4S.ClH/c1-6-7-8-17-33-20-12-9-11-19(18-20)25(30)29(16-10-15-28(2)3)26-27-23-21(31-4)13-14-22(32-5)24(23)34-26;/h9,11-14,18H,6-8,10,15-17H2,1-5H3;1H. The lowest BCUT2D eigenvalue weighted by molar-refractivity contribution is 0.0985. The zero-order chi connectivity index (χ0) is 24.5.